The minimum Gasteiger partial charge on any atom is -0.489 e. The minimum absolute atomic E-state index is 0.193. The van der Waals surface area contributed by atoms with E-state index < -0.39 is 0 Å². The number of rotatable bonds is 7. The first-order valence-corrected chi connectivity index (χ1v) is 9.71. The lowest BCUT2D eigenvalue weighted by molar-refractivity contribution is 0.285. The van der Waals surface area contributed by atoms with E-state index in [4.69, 9.17) is 14.2 Å². The maximum atomic E-state index is 12.9. The van der Waals surface area contributed by atoms with Crippen LogP contribution in [-0.2, 0) is 20.3 Å². The first-order chi connectivity index (χ1) is 14.7. The van der Waals surface area contributed by atoms with E-state index in [2.05, 4.69) is 0 Å². The van der Waals surface area contributed by atoms with Gasteiger partial charge in [-0.05, 0) is 23.3 Å². The van der Waals surface area contributed by atoms with E-state index in [1.165, 1.54) is 7.11 Å². The Hall–Kier alpha value is -3.73. The zero-order chi connectivity index (χ0) is 20.9. The van der Waals surface area contributed by atoms with Crippen molar-refractivity contribution in [1.29, 1.82) is 0 Å². The van der Waals surface area contributed by atoms with Gasteiger partial charge in [0.15, 0.2) is 5.75 Å². The lowest BCUT2D eigenvalue weighted by Crippen LogP contribution is -2.20. The van der Waals surface area contributed by atoms with Gasteiger partial charge in [0.2, 0.25) is 5.75 Å². The van der Waals surface area contributed by atoms with Crippen LogP contribution >= 0.6 is 0 Å². The van der Waals surface area contributed by atoms with Gasteiger partial charge in [0, 0.05) is 18.5 Å². The molecule has 0 fully saturated rings. The van der Waals surface area contributed by atoms with Gasteiger partial charge in [-0.1, -0.05) is 60.7 Å². The molecule has 0 spiro atoms. The Morgan fingerprint density at radius 2 is 1.37 bits per heavy atom. The van der Waals surface area contributed by atoms with E-state index in [-0.39, 0.29) is 11.3 Å². The molecule has 0 unspecified atom stereocenters. The second-order valence-corrected chi connectivity index (χ2v) is 6.95. The summed E-state index contributed by atoms with van der Waals surface area (Å²) in [7, 11) is 3.20. The number of aryl methyl sites for hydroxylation is 1. The molecule has 5 heteroatoms. The Morgan fingerprint density at radius 3 is 1.97 bits per heavy atom. The van der Waals surface area contributed by atoms with E-state index >= 15 is 0 Å². The molecular formula is C25H23NO4. The van der Waals surface area contributed by atoms with Crippen molar-refractivity contribution in [2.45, 2.75) is 13.2 Å². The maximum absolute atomic E-state index is 12.9. The van der Waals surface area contributed by atoms with Crippen LogP contribution in [0.4, 0.5) is 0 Å². The molecule has 1 heterocycles. The van der Waals surface area contributed by atoms with Crippen molar-refractivity contribution in [1.82, 2.24) is 4.57 Å². The number of hydrogen-bond donors (Lipinski definition) is 0. The molecule has 0 bridgehead atoms. The molecule has 1 aromatic heterocycles. The van der Waals surface area contributed by atoms with Crippen LogP contribution in [0.2, 0.25) is 0 Å². The van der Waals surface area contributed by atoms with Crippen molar-refractivity contribution in [3.63, 3.8) is 0 Å². The molecule has 0 saturated carbocycles. The number of benzene rings is 3. The standard InChI is InChI=1S/C25H23NO4/c1-26-22-15-20(29-16-18-9-5-3-6-10-18)13-14-21(22)23(24(28-2)25(26)27)30-17-19-11-7-4-8-12-19/h3-15H,16-17H2,1-2H3. The number of ether oxygens (including phenoxy) is 3. The lowest BCUT2D eigenvalue weighted by Gasteiger charge is -2.16. The number of nitrogens with zero attached hydrogens (tertiary/aromatic N) is 1. The Labute approximate surface area is 175 Å². The zero-order valence-corrected chi connectivity index (χ0v) is 17.0. The van der Waals surface area contributed by atoms with Gasteiger partial charge in [-0.3, -0.25) is 4.79 Å². The number of aromatic nitrogens is 1. The van der Waals surface area contributed by atoms with E-state index in [1.807, 2.05) is 78.9 Å². The van der Waals surface area contributed by atoms with E-state index in [0.717, 1.165) is 22.0 Å². The van der Waals surface area contributed by atoms with Gasteiger partial charge in [0.25, 0.3) is 5.56 Å². The minimum atomic E-state index is -0.256. The van der Waals surface area contributed by atoms with Crippen LogP contribution in [0.5, 0.6) is 17.2 Å². The molecule has 0 N–H and O–H groups in total. The number of methoxy groups -OCH3 is 1. The predicted octanol–water partition coefficient (Wildman–Crippen LogP) is 4.71. The Kier molecular flexibility index (Phi) is 5.70. The van der Waals surface area contributed by atoms with E-state index in [9.17, 15) is 4.79 Å². The predicted molar refractivity (Wildman–Crippen MR) is 117 cm³/mol. The SMILES string of the molecule is COc1c(OCc2ccccc2)c2ccc(OCc3ccccc3)cc2n(C)c1=O. The molecular weight excluding hydrogens is 378 g/mol. The largest absolute Gasteiger partial charge is 0.489 e. The summed E-state index contributed by atoms with van der Waals surface area (Å²) >= 11 is 0. The van der Waals surface area contributed by atoms with E-state index in [0.29, 0.717) is 24.7 Å². The highest BCUT2D eigenvalue weighted by molar-refractivity contribution is 5.89. The second-order valence-electron chi connectivity index (χ2n) is 6.95. The van der Waals surface area contributed by atoms with Crippen LogP contribution in [-0.4, -0.2) is 11.7 Å². The molecule has 0 amide bonds. The van der Waals surface area contributed by atoms with Crippen LogP contribution in [0.15, 0.2) is 83.7 Å². The fourth-order valence-electron chi connectivity index (χ4n) is 3.35. The molecule has 0 aliphatic rings. The molecule has 0 aliphatic carbocycles. The molecule has 0 saturated heterocycles. The monoisotopic (exact) mass is 401 g/mol. The average Bonchev–Trinajstić information content (AvgIpc) is 2.80. The second kappa shape index (κ2) is 8.74. The van der Waals surface area contributed by atoms with E-state index in [1.54, 1.807) is 11.6 Å². The molecule has 0 aliphatic heterocycles. The van der Waals surface area contributed by atoms with Crippen molar-refractivity contribution in [3.05, 3.63) is 100 Å². The summed E-state index contributed by atoms with van der Waals surface area (Å²) in [6.45, 7) is 0.791. The van der Waals surface area contributed by atoms with Gasteiger partial charge in [0.05, 0.1) is 12.6 Å². The summed E-state index contributed by atoms with van der Waals surface area (Å²) in [4.78, 5) is 12.9. The normalized spacial score (nSPS) is 10.7. The van der Waals surface area contributed by atoms with Gasteiger partial charge < -0.3 is 18.8 Å². The van der Waals surface area contributed by atoms with Crippen LogP contribution in [0.25, 0.3) is 10.9 Å². The topological polar surface area (TPSA) is 49.7 Å². The van der Waals surface area contributed by atoms with Gasteiger partial charge in [-0.2, -0.15) is 0 Å². The fourth-order valence-corrected chi connectivity index (χ4v) is 3.35. The summed E-state index contributed by atoms with van der Waals surface area (Å²) < 4.78 is 18.9. The summed E-state index contributed by atoms with van der Waals surface area (Å²) in [5, 5.41) is 0.789. The Balaban J connectivity index is 1.69. The van der Waals surface area contributed by atoms with Gasteiger partial charge in [-0.25, -0.2) is 0 Å². The molecule has 4 rings (SSSR count). The van der Waals surface area contributed by atoms with Crippen LogP contribution in [0.3, 0.4) is 0 Å². The third-order valence-corrected chi connectivity index (χ3v) is 4.96. The summed E-state index contributed by atoms with van der Waals surface area (Å²) in [6, 6.07) is 25.4. The molecule has 0 radical (unpaired) electrons. The lowest BCUT2D eigenvalue weighted by atomic mass is 10.1. The maximum Gasteiger partial charge on any atom is 0.297 e. The van der Waals surface area contributed by atoms with Crippen molar-refractivity contribution >= 4 is 10.9 Å². The highest BCUT2D eigenvalue weighted by Crippen LogP contribution is 2.34. The molecule has 152 valence electrons. The quantitative estimate of drug-likeness (QED) is 0.450. The first-order valence-electron chi connectivity index (χ1n) is 9.71. The Bertz CT molecular complexity index is 1200. The Morgan fingerprint density at radius 1 is 0.767 bits per heavy atom. The molecule has 3 aromatic carbocycles. The van der Waals surface area contributed by atoms with Crippen molar-refractivity contribution < 1.29 is 14.2 Å². The number of hydrogen-bond acceptors (Lipinski definition) is 4. The third-order valence-electron chi connectivity index (χ3n) is 4.96. The van der Waals surface area contributed by atoms with Crippen LogP contribution in [0, 0.1) is 0 Å². The van der Waals surface area contributed by atoms with Crippen LogP contribution < -0.4 is 19.8 Å². The zero-order valence-electron chi connectivity index (χ0n) is 17.0. The van der Waals surface area contributed by atoms with Crippen molar-refractivity contribution in [2.24, 2.45) is 7.05 Å². The summed E-state index contributed by atoms with van der Waals surface area (Å²) in [5.41, 5.74) is 2.55. The summed E-state index contributed by atoms with van der Waals surface area (Å²) in [5.74, 6) is 1.31. The number of pyridine rings is 1. The van der Waals surface area contributed by atoms with Gasteiger partial charge in [0.1, 0.15) is 19.0 Å². The average molecular weight is 401 g/mol. The van der Waals surface area contributed by atoms with Gasteiger partial charge in [-0.15, -0.1) is 0 Å². The van der Waals surface area contributed by atoms with Crippen molar-refractivity contribution in [2.75, 3.05) is 7.11 Å². The molecule has 4 aromatic rings. The van der Waals surface area contributed by atoms with Crippen molar-refractivity contribution in [3.8, 4) is 17.2 Å². The first kappa shape index (κ1) is 19.6. The summed E-state index contributed by atoms with van der Waals surface area (Å²) in [6.07, 6.45) is 0. The highest BCUT2D eigenvalue weighted by Gasteiger charge is 2.18. The fraction of sp³-hybridized carbons (Fsp3) is 0.160. The highest BCUT2D eigenvalue weighted by atomic mass is 16.5. The van der Waals surface area contributed by atoms with Gasteiger partial charge >= 0.3 is 0 Å². The van der Waals surface area contributed by atoms with Crippen LogP contribution in [0.1, 0.15) is 11.1 Å². The third kappa shape index (κ3) is 4.01. The molecule has 5 nitrogen and oxygen atoms in total. The number of fused-ring (bicyclic) bond motifs is 1. The molecule has 0 atom stereocenters. The smallest absolute Gasteiger partial charge is 0.297 e. The molecule has 30 heavy (non-hydrogen) atoms.